The number of hydrogen-bond donors (Lipinski definition) is 2. The number of hydrogen-bond acceptors (Lipinski definition) is 3. The molecule has 0 fully saturated rings. The van der Waals surface area contributed by atoms with E-state index in [1.807, 2.05) is 13.0 Å². The van der Waals surface area contributed by atoms with Gasteiger partial charge in [-0.05, 0) is 24.0 Å². The molecule has 1 heterocycles. The molecule has 1 aromatic carbocycles. The lowest BCUT2D eigenvalue weighted by molar-refractivity contribution is 0.0947. The highest BCUT2D eigenvalue weighted by Crippen LogP contribution is 2.26. The van der Waals surface area contributed by atoms with Gasteiger partial charge in [0, 0.05) is 22.3 Å². The van der Waals surface area contributed by atoms with E-state index in [9.17, 15) is 4.79 Å². The number of imidazole rings is 1. The molecular weight excluding hydrogens is 282 g/mol. The molecule has 0 saturated heterocycles. The number of amides is 1. The van der Waals surface area contributed by atoms with Crippen molar-refractivity contribution in [2.45, 2.75) is 18.4 Å². The number of carbonyl (C=O) groups is 1. The predicted molar refractivity (Wildman–Crippen MR) is 77.6 cm³/mol. The van der Waals surface area contributed by atoms with Gasteiger partial charge in [0.25, 0.3) is 5.91 Å². The second-order valence-electron chi connectivity index (χ2n) is 3.79. The average Bonchev–Trinajstić information content (AvgIpc) is 2.90. The van der Waals surface area contributed by atoms with Crippen LogP contribution in [0.5, 0.6) is 0 Å². The van der Waals surface area contributed by atoms with Crippen molar-refractivity contribution in [2.75, 3.05) is 5.75 Å². The number of aromatic nitrogens is 2. The molecule has 0 spiro atoms. The Kier molecular flexibility index (Phi) is 4.87. The normalized spacial score (nSPS) is 10.4. The summed E-state index contributed by atoms with van der Waals surface area (Å²) in [5.41, 5.74) is 0.641. The van der Waals surface area contributed by atoms with Gasteiger partial charge in [0.2, 0.25) is 0 Å². The third kappa shape index (κ3) is 3.75. The average molecular weight is 296 g/mol. The zero-order valence-corrected chi connectivity index (χ0v) is 12.0. The van der Waals surface area contributed by atoms with Gasteiger partial charge >= 0.3 is 0 Å². The van der Waals surface area contributed by atoms with Gasteiger partial charge in [-0.15, -0.1) is 11.8 Å². The smallest absolute Gasteiger partial charge is 0.252 e. The van der Waals surface area contributed by atoms with Crippen molar-refractivity contribution < 1.29 is 4.79 Å². The van der Waals surface area contributed by atoms with E-state index in [1.54, 1.807) is 36.3 Å². The van der Waals surface area contributed by atoms with Crippen LogP contribution in [0.4, 0.5) is 0 Å². The number of nitrogens with one attached hydrogen (secondary N) is 2. The van der Waals surface area contributed by atoms with Gasteiger partial charge in [-0.1, -0.05) is 18.5 Å². The fourth-order valence-electron chi connectivity index (χ4n) is 1.61. The maximum absolute atomic E-state index is 12.1. The molecule has 0 aliphatic rings. The molecular formula is C13H14ClN3OS. The topological polar surface area (TPSA) is 57.8 Å². The molecule has 1 amide bonds. The number of thioether (sulfide) groups is 1. The minimum atomic E-state index is -0.121. The monoisotopic (exact) mass is 295 g/mol. The lowest BCUT2D eigenvalue weighted by Gasteiger charge is -2.09. The van der Waals surface area contributed by atoms with Crippen LogP contribution in [0.15, 0.2) is 35.5 Å². The van der Waals surface area contributed by atoms with Crippen LogP contribution in [-0.2, 0) is 6.54 Å². The number of rotatable bonds is 5. The summed E-state index contributed by atoms with van der Waals surface area (Å²) in [7, 11) is 0. The molecule has 1 aromatic heterocycles. The first-order valence-corrected chi connectivity index (χ1v) is 7.26. The van der Waals surface area contributed by atoms with Gasteiger partial charge in [-0.2, -0.15) is 0 Å². The Morgan fingerprint density at radius 2 is 2.37 bits per heavy atom. The third-order valence-corrected chi connectivity index (χ3v) is 3.63. The van der Waals surface area contributed by atoms with Crippen LogP contribution >= 0.6 is 23.4 Å². The molecule has 2 rings (SSSR count). The van der Waals surface area contributed by atoms with Gasteiger partial charge in [0.05, 0.1) is 12.1 Å². The molecule has 19 heavy (non-hydrogen) atoms. The predicted octanol–water partition coefficient (Wildman–Crippen LogP) is 3.11. The fourth-order valence-corrected chi connectivity index (χ4v) is 2.69. The highest BCUT2D eigenvalue weighted by atomic mass is 35.5. The Morgan fingerprint density at radius 3 is 3.05 bits per heavy atom. The van der Waals surface area contributed by atoms with Gasteiger partial charge in [0.1, 0.15) is 5.82 Å². The Balaban J connectivity index is 2.09. The van der Waals surface area contributed by atoms with Gasteiger partial charge < -0.3 is 10.3 Å². The summed E-state index contributed by atoms with van der Waals surface area (Å²) in [5, 5.41) is 3.47. The summed E-state index contributed by atoms with van der Waals surface area (Å²) >= 11 is 7.55. The summed E-state index contributed by atoms with van der Waals surface area (Å²) in [6.45, 7) is 2.42. The lowest BCUT2D eigenvalue weighted by Crippen LogP contribution is -2.24. The number of halogens is 1. The van der Waals surface area contributed by atoms with Crippen molar-refractivity contribution in [1.82, 2.24) is 15.3 Å². The lowest BCUT2D eigenvalue weighted by atomic mass is 10.2. The number of benzene rings is 1. The first-order chi connectivity index (χ1) is 9.20. The Labute approximate surface area is 121 Å². The second-order valence-corrected chi connectivity index (χ2v) is 5.53. The van der Waals surface area contributed by atoms with Crippen LogP contribution in [0.2, 0.25) is 5.02 Å². The van der Waals surface area contributed by atoms with E-state index in [2.05, 4.69) is 15.3 Å². The standard InChI is InChI=1S/C13H14ClN3OS/c1-2-19-11-7-9(14)3-4-10(11)13(18)17-8-12-15-5-6-16-12/h3-7H,2,8H2,1H3,(H,15,16)(H,17,18). The van der Waals surface area contributed by atoms with Crippen molar-refractivity contribution in [3.63, 3.8) is 0 Å². The van der Waals surface area contributed by atoms with Gasteiger partial charge in [-0.3, -0.25) is 4.79 Å². The zero-order chi connectivity index (χ0) is 13.7. The first-order valence-electron chi connectivity index (χ1n) is 5.89. The molecule has 2 N–H and O–H groups in total. The Hall–Kier alpha value is -1.46. The molecule has 100 valence electrons. The maximum Gasteiger partial charge on any atom is 0.252 e. The largest absolute Gasteiger partial charge is 0.347 e. The highest BCUT2D eigenvalue weighted by Gasteiger charge is 2.12. The summed E-state index contributed by atoms with van der Waals surface area (Å²) in [6, 6.07) is 5.29. The quantitative estimate of drug-likeness (QED) is 0.833. The molecule has 0 radical (unpaired) electrons. The molecule has 0 aliphatic carbocycles. The minimum absolute atomic E-state index is 0.121. The molecule has 4 nitrogen and oxygen atoms in total. The minimum Gasteiger partial charge on any atom is -0.347 e. The van der Waals surface area contributed by atoms with E-state index >= 15 is 0 Å². The number of aromatic amines is 1. The van der Waals surface area contributed by atoms with Crippen LogP contribution < -0.4 is 5.32 Å². The summed E-state index contributed by atoms with van der Waals surface area (Å²) in [6.07, 6.45) is 3.38. The molecule has 0 atom stereocenters. The van der Waals surface area contributed by atoms with Crippen molar-refractivity contribution in [3.05, 3.63) is 47.0 Å². The van der Waals surface area contributed by atoms with Gasteiger partial charge in [-0.25, -0.2) is 4.98 Å². The third-order valence-electron chi connectivity index (χ3n) is 2.46. The Morgan fingerprint density at radius 1 is 1.53 bits per heavy atom. The Bertz CT molecular complexity index is 557. The van der Waals surface area contributed by atoms with Crippen LogP contribution in [0.1, 0.15) is 23.1 Å². The van der Waals surface area contributed by atoms with E-state index in [0.29, 0.717) is 17.1 Å². The van der Waals surface area contributed by atoms with E-state index in [1.165, 1.54) is 0 Å². The zero-order valence-electron chi connectivity index (χ0n) is 10.4. The van der Waals surface area contributed by atoms with Crippen molar-refractivity contribution >= 4 is 29.3 Å². The van der Waals surface area contributed by atoms with Crippen LogP contribution in [0.3, 0.4) is 0 Å². The van der Waals surface area contributed by atoms with E-state index in [0.717, 1.165) is 16.5 Å². The number of nitrogens with zero attached hydrogens (tertiary/aromatic N) is 1. The molecule has 0 aliphatic heterocycles. The fraction of sp³-hybridized carbons (Fsp3) is 0.231. The van der Waals surface area contributed by atoms with Crippen molar-refractivity contribution in [3.8, 4) is 0 Å². The number of H-pyrrole nitrogens is 1. The van der Waals surface area contributed by atoms with E-state index < -0.39 is 0 Å². The molecule has 6 heteroatoms. The molecule has 0 saturated carbocycles. The molecule has 2 aromatic rings. The summed E-state index contributed by atoms with van der Waals surface area (Å²) < 4.78 is 0. The van der Waals surface area contributed by atoms with Crippen LogP contribution in [0.25, 0.3) is 0 Å². The summed E-state index contributed by atoms with van der Waals surface area (Å²) in [5.74, 6) is 1.50. The second kappa shape index (κ2) is 6.63. The van der Waals surface area contributed by atoms with E-state index in [4.69, 9.17) is 11.6 Å². The van der Waals surface area contributed by atoms with Crippen LogP contribution in [-0.4, -0.2) is 21.6 Å². The molecule has 0 bridgehead atoms. The van der Waals surface area contributed by atoms with Crippen molar-refractivity contribution in [1.29, 1.82) is 0 Å². The van der Waals surface area contributed by atoms with Crippen molar-refractivity contribution in [2.24, 2.45) is 0 Å². The summed E-state index contributed by atoms with van der Waals surface area (Å²) in [4.78, 5) is 20.0. The maximum atomic E-state index is 12.1. The first kappa shape index (κ1) is 14.0. The van der Waals surface area contributed by atoms with Crippen LogP contribution in [0, 0.1) is 0 Å². The SMILES string of the molecule is CCSc1cc(Cl)ccc1C(=O)NCc1ncc[nH]1. The van der Waals surface area contributed by atoms with Gasteiger partial charge in [0.15, 0.2) is 0 Å². The number of carbonyl (C=O) groups excluding carboxylic acids is 1. The van der Waals surface area contributed by atoms with E-state index in [-0.39, 0.29) is 5.91 Å². The molecule has 0 unspecified atom stereocenters. The highest BCUT2D eigenvalue weighted by molar-refractivity contribution is 7.99.